The standard InChI is InChI=1S/C30H42ClN5O14P2/c1-2-9-44-10-11-45-12-13-46-14-15-47-16-17-48-22-5-3-21(4-6-22)7-8-32-27-23-18-33-36(28(23)35-30(31)34-27)29-26(38)25(37)24(50-29)19-49-52(42,43)20-51(39,40)41/h1,3-6,18,24-26,29,37-38H,7-17,19-20H2,(H,42,43)(H,32,34,35)(H2,39,40,41)/t24-,25-,26-,29-/m1/s1. The van der Waals surface area contributed by atoms with Gasteiger partial charge < -0.3 is 63.2 Å². The number of fused-ring (bicyclic) bond motifs is 1. The summed E-state index contributed by atoms with van der Waals surface area (Å²) in [6, 6.07) is 7.58. The highest BCUT2D eigenvalue weighted by Gasteiger charge is 2.46. The first-order valence-electron chi connectivity index (χ1n) is 16.0. The lowest BCUT2D eigenvalue weighted by atomic mass is 10.1. The van der Waals surface area contributed by atoms with Crippen LogP contribution in [0.5, 0.6) is 5.75 Å². The highest BCUT2D eigenvalue weighted by Crippen LogP contribution is 2.55. The van der Waals surface area contributed by atoms with Gasteiger partial charge in [-0.2, -0.15) is 15.1 Å². The summed E-state index contributed by atoms with van der Waals surface area (Å²) in [7, 11) is -9.58. The van der Waals surface area contributed by atoms with Crippen LogP contribution in [-0.4, -0.2) is 141 Å². The van der Waals surface area contributed by atoms with E-state index in [-0.39, 0.29) is 17.5 Å². The van der Waals surface area contributed by atoms with Crippen LogP contribution in [0.25, 0.3) is 11.0 Å². The number of rotatable bonds is 24. The molecule has 3 heterocycles. The first-order chi connectivity index (χ1) is 24.9. The minimum atomic E-state index is -4.86. The van der Waals surface area contributed by atoms with Crippen LogP contribution in [0.4, 0.5) is 5.82 Å². The molecule has 6 N–H and O–H groups in total. The number of ether oxygens (including phenoxy) is 6. The summed E-state index contributed by atoms with van der Waals surface area (Å²) in [5, 5.41) is 28.9. The normalized spacial score (nSPS) is 20.2. The minimum Gasteiger partial charge on any atom is -0.491 e. The van der Waals surface area contributed by atoms with E-state index in [1.165, 1.54) is 10.9 Å². The third-order valence-electron chi connectivity index (χ3n) is 7.24. The maximum atomic E-state index is 12.0. The van der Waals surface area contributed by atoms with Crippen molar-refractivity contribution in [2.75, 3.05) is 83.8 Å². The molecule has 0 radical (unpaired) electrons. The number of anilines is 1. The molecule has 2 aromatic heterocycles. The van der Waals surface area contributed by atoms with Crippen LogP contribution >= 0.6 is 26.8 Å². The predicted octanol–water partition coefficient (Wildman–Crippen LogP) is 1.17. The van der Waals surface area contributed by atoms with Gasteiger partial charge >= 0.3 is 15.2 Å². The largest absolute Gasteiger partial charge is 0.491 e. The lowest BCUT2D eigenvalue weighted by molar-refractivity contribution is -0.0541. The van der Waals surface area contributed by atoms with Gasteiger partial charge in [-0.1, -0.05) is 18.1 Å². The average Bonchev–Trinajstić information content (AvgIpc) is 3.63. The SMILES string of the molecule is C#CCOCCOCCOCCOCCOc1ccc(CCNc2nc(Cl)nc3c2cnn3[C@@H]2O[C@H](COP(=O)(O)CP(=O)(O)O)[C@@H](O)[C@H]2O)cc1. The topological polar surface area (TPSA) is 256 Å². The number of terminal acetylenes is 1. The molecular weight excluding hydrogens is 752 g/mol. The van der Waals surface area contributed by atoms with Crippen molar-refractivity contribution in [2.45, 2.75) is 31.0 Å². The molecule has 52 heavy (non-hydrogen) atoms. The smallest absolute Gasteiger partial charge is 0.340 e. The molecule has 3 aromatic rings. The molecule has 19 nitrogen and oxygen atoms in total. The second-order valence-corrected chi connectivity index (χ2v) is 15.5. The number of hydrogen-bond donors (Lipinski definition) is 6. The molecule has 0 aliphatic carbocycles. The Morgan fingerprint density at radius 3 is 2.19 bits per heavy atom. The van der Waals surface area contributed by atoms with Crippen LogP contribution in [0, 0.1) is 12.3 Å². The van der Waals surface area contributed by atoms with Gasteiger partial charge in [-0.3, -0.25) is 9.13 Å². The zero-order chi connectivity index (χ0) is 37.6. The fourth-order valence-corrected chi connectivity index (χ4v) is 7.57. The average molecular weight is 794 g/mol. The van der Waals surface area contributed by atoms with Gasteiger partial charge in [-0.15, -0.1) is 6.42 Å². The molecule has 1 aliphatic heterocycles. The Morgan fingerprint density at radius 2 is 1.56 bits per heavy atom. The Balaban J connectivity index is 1.18. The highest BCUT2D eigenvalue weighted by atomic mass is 35.5. The maximum Gasteiger partial charge on any atom is 0.340 e. The van der Waals surface area contributed by atoms with Crippen LogP contribution < -0.4 is 10.1 Å². The van der Waals surface area contributed by atoms with Crippen LogP contribution in [0.15, 0.2) is 30.5 Å². The number of hydrogen-bond acceptors (Lipinski definition) is 15. The van der Waals surface area contributed by atoms with Crippen molar-refractivity contribution >= 4 is 43.6 Å². The molecule has 1 unspecified atom stereocenters. The van der Waals surface area contributed by atoms with Gasteiger partial charge in [-0.25, -0.2) is 4.68 Å². The molecule has 288 valence electrons. The first kappa shape index (κ1) is 42.0. The van der Waals surface area contributed by atoms with Gasteiger partial charge in [0.2, 0.25) is 5.28 Å². The Labute approximate surface area is 304 Å². The second-order valence-electron chi connectivity index (χ2n) is 11.2. The van der Waals surface area contributed by atoms with Crippen molar-refractivity contribution in [1.82, 2.24) is 19.7 Å². The van der Waals surface area contributed by atoms with Crippen molar-refractivity contribution in [3.05, 3.63) is 41.3 Å². The fourth-order valence-electron chi connectivity index (χ4n) is 4.84. The number of benzene rings is 1. The van der Waals surface area contributed by atoms with Crippen molar-refractivity contribution in [3.8, 4) is 18.1 Å². The van der Waals surface area contributed by atoms with E-state index in [9.17, 15) is 24.2 Å². The van der Waals surface area contributed by atoms with E-state index in [2.05, 4.69) is 26.3 Å². The summed E-state index contributed by atoms with van der Waals surface area (Å²) in [5.41, 5.74) is 1.18. The summed E-state index contributed by atoms with van der Waals surface area (Å²) in [5.74, 6) is 2.02. The summed E-state index contributed by atoms with van der Waals surface area (Å²) in [6.45, 7) is 3.46. The third-order valence-corrected chi connectivity index (χ3v) is 10.9. The summed E-state index contributed by atoms with van der Waals surface area (Å²) in [4.78, 5) is 36.1. The molecule has 1 fully saturated rings. The molecule has 0 bridgehead atoms. The van der Waals surface area contributed by atoms with E-state index in [4.69, 9.17) is 60.8 Å². The summed E-state index contributed by atoms with van der Waals surface area (Å²) < 4.78 is 61.9. The lowest BCUT2D eigenvalue weighted by Gasteiger charge is -2.18. The number of aliphatic hydroxyl groups excluding tert-OH is 2. The molecular formula is C30H42ClN5O14P2. The van der Waals surface area contributed by atoms with E-state index in [0.717, 1.165) is 5.56 Å². The van der Waals surface area contributed by atoms with E-state index in [1.54, 1.807) is 0 Å². The minimum absolute atomic E-state index is 0.134. The predicted molar refractivity (Wildman–Crippen MR) is 185 cm³/mol. The second kappa shape index (κ2) is 20.6. The molecule has 0 saturated carbocycles. The Kier molecular flexibility index (Phi) is 16.7. The number of aliphatic hydroxyl groups is 2. The molecule has 1 saturated heterocycles. The van der Waals surface area contributed by atoms with Crippen LogP contribution in [0.3, 0.4) is 0 Å². The Morgan fingerprint density at radius 1 is 0.923 bits per heavy atom. The summed E-state index contributed by atoms with van der Waals surface area (Å²) in [6.07, 6.45) is 1.30. The lowest BCUT2D eigenvalue weighted by Crippen LogP contribution is -2.33. The van der Waals surface area contributed by atoms with Gasteiger partial charge in [0.25, 0.3) is 0 Å². The van der Waals surface area contributed by atoms with Crippen molar-refractivity contribution < 1.29 is 67.0 Å². The zero-order valence-corrected chi connectivity index (χ0v) is 30.5. The van der Waals surface area contributed by atoms with Crippen LogP contribution in [0.2, 0.25) is 5.28 Å². The van der Waals surface area contributed by atoms with Gasteiger partial charge in [0.15, 0.2) is 17.8 Å². The van der Waals surface area contributed by atoms with Gasteiger partial charge in [0.05, 0.1) is 64.4 Å². The van der Waals surface area contributed by atoms with Crippen molar-refractivity contribution in [3.63, 3.8) is 0 Å². The zero-order valence-electron chi connectivity index (χ0n) is 27.9. The Bertz CT molecular complexity index is 1690. The van der Waals surface area contributed by atoms with E-state index >= 15 is 0 Å². The monoisotopic (exact) mass is 793 g/mol. The number of nitrogens with zero attached hydrogens (tertiary/aromatic N) is 4. The number of nitrogens with one attached hydrogen (secondary N) is 1. The molecule has 5 atom stereocenters. The molecule has 0 spiro atoms. The highest BCUT2D eigenvalue weighted by molar-refractivity contribution is 7.70. The summed E-state index contributed by atoms with van der Waals surface area (Å²) >= 11 is 6.20. The number of halogens is 1. The number of aromatic nitrogens is 4. The van der Waals surface area contributed by atoms with E-state index < -0.39 is 52.2 Å². The van der Waals surface area contributed by atoms with Crippen LogP contribution in [0.1, 0.15) is 11.8 Å². The molecule has 4 rings (SSSR count). The van der Waals surface area contributed by atoms with E-state index in [1.807, 2.05) is 24.3 Å². The molecule has 22 heteroatoms. The first-order valence-corrected chi connectivity index (χ1v) is 19.9. The molecule has 1 aromatic carbocycles. The quantitative estimate of drug-likeness (QED) is 0.0322. The van der Waals surface area contributed by atoms with Gasteiger partial charge in [0, 0.05) is 6.54 Å². The van der Waals surface area contributed by atoms with E-state index in [0.29, 0.717) is 82.8 Å². The van der Waals surface area contributed by atoms with Gasteiger partial charge in [0.1, 0.15) is 43.1 Å². The maximum absolute atomic E-state index is 12.0. The molecule has 0 amide bonds. The fraction of sp³-hybridized carbons (Fsp3) is 0.567. The van der Waals surface area contributed by atoms with Crippen molar-refractivity contribution in [1.29, 1.82) is 0 Å². The van der Waals surface area contributed by atoms with Crippen molar-refractivity contribution in [2.24, 2.45) is 0 Å². The molecule has 1 aliphatic rings. The van der Waals surface area contributed by atoms with Gasteiger partial charge in [-0.05, 0) is 35.7 Å². The van der Waals surface area contributed by atoms with Crippen LogP contribution in [-0.2, 0) is 43.8 Å². The Hall–Kier alpha value is -2.76. The third kappa shape index (κ3) is 13.6.